The summed E-state index contributed by atoms with van der Waals surface area (Å²) >= 11 is 1.45. The van der Waals surface area contributed by atoms with Gasteiger partial charge in [0.1, 0.15) is 0 Å². The number of hydrogen-bond acceptors (Lipinski definition) is 3. The zero-order valence-electron chi connectivity index (χ0n) is 7.16. The van der Waals surface area contributed by atoms with E-state index in [0.29, 0.717) is 6.04 Å². The first-order valence-corrected chi connectivity index (χ1v) is 4.75. The number of aliphatic carboxylic acids is 1. The molecule has 0 saturated carbocycles. The molecule has 0 aliphatic carbocycles. The van der Waals surface area contributed by atoms with Crippen molar-refractivity contribution in [2.45, 2.75) is 18.5 Å². The smallest absolute Gasteiger partial charge is 0.153 e. The summed E-state index contributed by atoms with van der Waals surface area (Å²) < 4.78 is 3.14. The van der Waals surface area contributed by atoms with Crippen LogP contribution in [0.15, 0.2) is 0 Å². The zero-order valence-corrected chi connectivity index (χ0v) is 11.0. The van der Waals surface area contributed by atoms with E-state index in [1.54, 1.807) is 0 Å². The van der Waals surface area contributed by atoms with E-state index >= 15 is 0 Å². The van der Waals surface area contributed by atoms with Gasteiger partial charge >= 0.3 is 75.7 Å². The minimum atomic E-state index is -0.710. The van der Waals surface area contributed by atoms with Crippen molar-refractivity contribution in [2.24, 2.45) is 0 Å². The van der Waals surface area contributed by atoms with Crippen LogP contribution >= 0.6 is 9.90 Å². The summed E-state index contributed by atoms with van der Waals surface area (Å²) in [7, 11) is 1.85. The Morgan fingerprint density at radius 2 is 2.33 bits per heavy atom. The molecule has 3 unspecified atom stereocenters. The largest absolute Gasteiger partial charge is 0.153 e. The molecule has 0 spiro atoms. The van der Waals surface area contributed by atoms with E-state index in [0.717, 1.165) is 13.0 Å². The van der Waals surface area contributed by atoms with Crippen LogP contribution in [0.2, 0.25) is 0 Å². The first-order chi connectivity index (χ1) is 5.15. The van der Waals surface area contributed by atoms with Crippen LogP contribution in [0.4, 0.5) is 0 Å². The summed E-state index contributed by atoms with van der Waals surface area (Å²) in [5.74, 6) is -0.710. The van der Waals surface area contributed by atoms with Gasteiger partial charge in [0.05, 0.1) is 0 Å². The van der Waals surface area contributed by atoms with Crippen molar-refractivity contribution in [2.75, 3.05) is 13.6 Å². The molecule has 1 saturated heterocycles. The van der Waals surface area contributed by atoms with E-state index in [2.05, 4.69) is 4.02 Å². The van der Waals surface area contributed by atoms with Crippen LogP contribution in [0.3, 0.4) is 0 Å². The van der Waals surface area contributed by atoms with Gasteiger partial charge in [-0.15, -0.1) is 0 Å². The molecule has 12 heavy (non-hydrogen) atoms. The first kappa shape index (κ1) is 12.5. The average molecular weight is 247 g/mol. The molecule has 0 aromatic carbocycles. The topological polar surface area (TPSA) is 52.6 Å². The third kappa shape index (κ3) is 2.74. The van der Waals surface area contributed by atoms with Crippen LogP contribution < -0.4 is 4.02 Å². The van der Waals surface area contributed by atoms with Gasteiger partial charge in [0, 0.05) is 0 Å². The normalized spacial score (nSPS) is 29.8. The van der Waals surface area contributed by atoms with Crippen molar-refractivity contribution in [3.05, 3.63) is 0 Å². The number of likely N-dealkylation sites (N-methyl/N-ethyl adjacent to an activating group) is 1. The van der Waals surface area contributed by atoms with Crippen molar-refractivity contribution in [3.63, 3.8) is 0 Å². The molecule has 4 nitrogen and oxygen atoms in total. The van der Waals surface area contributed by atoms with Gasteiger partial charge in [0.2, 0.25) is 0 Å². The molecule has 0 amide bonds. The maximum atomic E-state index is 10.6. The number of carboxylic acids is 1. The maximum Gasteiger partial charge on any atom is -0.153 e. The molecule has 2 radical (unpaired) electrons. The fraction of sp³-hybridized carbons (Fsp3) is 0.833. The van der Waals surface area contributed by atoms with Gasteiger partial charge in [-0.1, -0.05) is 0 Å². The van der Waals surface area contributed by atoms with E-state index in [-0.39, 0.29) is 15.9 Å². The Kier molecular flexibility index (Phi) is 5.44. The van der Waals surface area contributed by atoms with Crippen LogP contribution in [0, 0.1) is 0 Å². The number of carbonyl (C=O) groups is 1. The van der Waals surface area contributed by atoms with E-state index in [9.17, 15) is 4.79 Å². The first-order valence-electron chi connectivity index (χ1n) is 3.54. The Bertz CT molecular complexity index is 170. The molecular formula is C6H14GaN2O2P. The van der Waals surface area contributed by atoms with E-state index in [1.807, 2.05) is 11.9 Å². The Hall–Kier alpha value is 0.456. The zero-order chi connectivity index (χ0) is 8.43. The minimum absolute atomic E-state index is 0. The molecule has 0 aromatic heterocycles. The molecule has 68 valence electrons. The van der Waals surface area contributed by atoms with Crippen LogP contribution in [-0.4, -0.2) is 60.5 Å². The molecule has 0 bridgehead atoms. The summed E-state index contributed by atoms with van der Waals surface area (Å²) in [6.45, 7) is 0.842. The second kappa shape index (κ2) is 5.24. The summed E-state index contributed by atoms with van der Waals surface area (Å²) in [6, 6.07) is 0.0735. The molecule has 1 aliphatic rings. The standard InChI is InChI=1S/C6H11N2O2.Ga.H3P/c1-8-3-4(7)2-5(8)6(9)10;;/h4-5,7H,2-3H2,1H3,(H,9,10);;1H3/q-1;+1;. The van der Waals surface area contributed by atoms with Crippen molar-refractivity contribution < 1.29 is 9.90 Å². The minimum Gasteiger partial charge on any atom is -0.153 e. The quantitative estimate of drug-likeness (QED) is 0.479. The van der Waals surface area contributed by atoms with E-state index in [4.69, 9.17) is 5.11 Å². The predicted molar refractivity (Wildman–Crippen MR) is 52.5 cm³/mol. The van der Waals surface area contributed by atoms with Gasteiger partial charge in [-0.05, 0) is 0 Å². The number of likely N-dealkylation sites (tertiary alicyclic amines) is 1. The third-order valence-corrected chi connectivity index (χ3v) is 3.06. The number of nitrogens with one attached hydrogen (secondary N) is 1. The van der Waals surface area contributed by atoms with Gasteiger partial charge in [-0.2, -0.15) is 9.90 Å². The summed E-state index contributed by atoms with van der Waals surface area (Å²) in [4.78, 5) is 12.5. The molecule has 0 aromatic rings. The van der Waals surface area contributed by atoms with Crippen molar-refractivity contribution in [1.82, 2.24) is 8.92 Å². The Balaban J connectivity index is 0.00000121. The molecule has 3 atom stereocenters. The predicted octanol–water partition coefficient (Wildman–Crippen LogP) is -1.13. The van der Waals surface area contributed by atoms with Gasteiger partial charge in [0.15, 0.2) is 0 Å². The number of hydrogen-bond donors (Lipinski definition) is 2. The monoisotopic (exact) mass is 246 g/mol. The Morgan fingerprint density at radius 1 is 1.75 bits per heavy atom. The van der Waals surface area contributed by atoms with E-state index in [1.165, 1.54) is 18.8 Å². The van der Waals surface area contributed by atoms with Gasteiger partial charge in [-0.3, -0.25) is 0 Å². The number of carboxylic acid groups (broad SMARTS) is 1. The fourth-order valence-electron chi connectivity index (χ4n) is 1.41. The SMILES string of the molecule is CN1CC([NH][Ga])CC1C(=O)O.P. The molecule has 1 rings (SSSR count). The molecule has 1 aliphatic heterocycles. The molecule has 1 heterocycles. The molecule has 6 heteroatoms. The van der Waals surface area contributed by atoms with Gasteiger partial charge < -0.3 is 0 Å². The number of rotatable bonds is 2. The maximum absolute atomic E-state index is 10.6. The second-order valence-electron chi connectivity index (χ2n) is 2.89. The van der Waals surface area contributed by atoms with Crippen molar-refractivity contribution in [1.29, 1.82) is 0 Å². The Morgan fingerprint density at radius 3 is 2.58 bits per heavy atom. The molecule has 1 fully saturated rings. The third-order valence-electron chi connectivity index (χ3n) is 2.07. The van der Waals surface area contributed by atoms with Crippen LogP contribution in [0.1, 0.15) is 6.42 Å². The fourth-order valence-corrected chi connectivity index (χ4v) is 1.92. The summed E-state index contributed by atoms with van der Waals surface area (Å²) in [5, 5.41) is 8.73. The Labute approximate surface area is 85.9 Å². The molecule has 2 N–H and O–H groups in total. The van der Waals surface area contributed by atoms with E-state index < -0.39 is 5.97 Å². The van der Waals surface area contributed by atoms with Crippen molar-refractivity contribution in [3.8, 4) is 0 Å². The van der Waals surface area contributed by atoms with Crippen molar-refractivity contribution >= 4 is 34.7 Å². The second-order valence-corrected chi connectivity index (χ2v) is 3.59. The molecular weight excluding hydrogens is 233 g/mol. The van der Waals surface area contributed by atoms with Crippen LogP contribution in [0.5, 0.6) is 0 Å². The average Bonchev–Trinajstić information content (AvgIpc) is 2.30. The van der Waals surface area contributed by atoms with Gasteiger partial charge in [0.25, 0.3) is 0 Å². The summed E-state index contributed by atoms with van der Waals surface area (Å²) in [6.07, 6.45) is 0.726. The van der Waals surface area contributed by atoms with Crippen LogP contribution in [0.25, 0.3) is 0 Å². The summed E-state index contributed by atoms with van der Waals surface area (Å²) in [5.41, 5.74) is 0. The van der Waals surface area contributed by atoms with Crippen LogP contribution in [-0.2, 0) is 4.79 Å². The van der Waals surface area contributed by atoms with Gasteiger partial charge in [-0.25, -0.2) is 0 Å². The number of nitrogens with zero attached hydrogens (tertiary/aromatic N) is 1.